The van der Waals surface area contributed by atoms with Crippen LogP contribution in [0, 0.1) is 6.92 Å². The summed E-state index contributed by atoms with van der Waals surface area (Å²) in [6, 6.07) is 14.9. The highest BCUT2D eigenvalue weighted by Crippen LogP contribution is 2.37. The number of benzene rings is 2. The second kappa shape index (κ2) is 8.92. The number of sulfone groups is 1. The molecule has 7 nitrogen and oxygen atoms in total. The van der Waals surface area contributed by atoms with E-state index < -0.39 is 9.84 Å². The number of carbonyl (C=O) groups is 1. The average molecular weight is 460 g/mol. The third-order valence-electron chi connectivity index (χ3n) is 5.13. The fourth-order valence-corrected chi connectivity index (χ4v) is 7.39. The maximum absolute atomic E-state index is 12.8. The summed E-state index contributed by atoms with van der Waals surface area (Å²) in [5, 5.41) is 3.50. The molecule has 0 radical (unpaired) electrons. The summed E-state index contributed by atoms with van der Waals surface area (Å²) in [4.78, 5) is 19.3. The van der Waals surface area contributed by atoms with Crippen LogP contribution in [0.2, 0.25) is 0 Å². The van der Waals surface area contributed by atoms with Gasteiger partial charge in [-0.15, -0.1) is 0 Å². The number of rotatable bonds is 6. The first kappa shape index (κ1) is 21.7. The Labute approximate surface area is 186 Å². The van der Waals surface area contributed by atoms with Crippen LogP contribution in [0.4, 0.5) is 11.4 Å². The molecule has 0 aliphatic carbocycles. The Kier molecular flexibility index (Phi) is 6.24. The monoisotopic (exact) mass is 459 g/mol. The molecule has 164 valence electrons. The van der Waals surface area contributed by atoms with E-state index in [9.17, 15) is 13.2 Å². The summed E-state index contributed by atoms with van der Waals surface area (Å²) in [5.74, 6) is 0.771. The first-order chi connectivity index (χ1) is 14.8. The van der Waals surface area contributed by atoms with E-state index >= 15 is 0 Å². The Morgan fingerprint density at radius 3 is 2.52 bits per heavy atom. The van der Waals surface area contributed by atoms with E-state index in [1.807, 2.05) is 67.3 Å². The van der Waals surface area contributed by atoms with Crippen LogP contribution in [0.5, 0.6) is 5.75 Å². The normalized spacial score (nSPS) is 21.3. The average Bonchev–Trinajstić information content (AvgIpc) is 3.22. The first-order valence-corrected chi connectivity index (χ1v) is 12.8. The van der Waals surface area contributed by atoms with Gasteiger partial charge in [-0.3, -0.25) is 9.79 Å². The van der Waals surface area contributed by atoms with Crippen molar-refractivity contribution in [3.8, 4) is 5.75 Å². The van der Waals surface area contributed by atoms with Crippen LogP contribution in [-0.4, -0.2) is 55.4 Å². The molecule has 1 N–H and O–H groups in total. The number of nitrogens with zero attached hydrogens (tertiary/aromatic N) is 2. The Morgan fingerprint density at radius 1 is 1.16 bits per heavy atom. The van der Waals surface area contributed by atoms with Crippen molar-refractivity contribution in [2.45, 2.75) is 25.1 Å². The van der Waals surface area contributed by atoms with E-state index in [0.29, 0.717) is 11.8 Å². The number of anilines is 2. The Balaban J connectivity index is 1.55. The number of fused-ring (bicyclic) bond motifs is 1. The molecule has 2 aromatic carbocycles. The van der Waals surface area contributed by atoms with Crippen LogP contribution in [0.25, 0.3) is 0 Å². The second-order valence-corrected chi connectivity index (χ2v) is 11.0. The smallest absolute Gasteiger partial charge is 0.244 e. The molecule has 2 aliphatic heterocycles. The zero-order valence-corrected chi connectivity index (χ0v) is 19.1. The minimum absolute atomic E-state index is 0.0693. The van der Waals surface area contributed by atoms with Crippen LogP contribution >= 0.6 is 11.8 Å². The number of amidine groups is 1. The lowest BCUT2D eigenvalue weighted by Crippen LogP contribution is -2.36. The van der Waals surface area contributed by atoms with Gasteiger partial charge in [0.05, 0.1) is 24.2 Å². The van der Waals surface area contributed by atoms with E-state index in [1.54, 1.807) is 0 Å². The summed E-state index contributed by atoms with van der Waals surface area (Å²) in [5.41, 5.74) is 2.65. The summed E-state index contributed by atoms with van der Waals surface area (Å²) in [6.45, 7) is 4.56. The van der Waals surface area contributed by atoms with Gasteiger partial charge < -0.3 is 15.0 Å². The zero-order valence-electron chi connectivity index (χ0n) is 17.4. The van der Waals surface area contributed by atoms with E-state index in [4.69, 9.17) is 4.74 Å². The lowest BCUT2D eigenvalue weighted by molar-refractivity contribution is -0.114. The van der Waals surface area contributed by atoms with Gasteiger partial charge >= 0.3 is 0 Å². The SMILES string of the molecule is CCOc1ccc(N(CC(=O)Nc2ccc(C)cc2)C2=N[C@H]3CS(=O)(=O)C[C@@H]3S2)cc1. The van der Waals surface area contributed by atoms with Gasteiger partial charge in [-0.1, -0.05) is 29.5 Å². The number of hydrogen-bond donors (Lipinski definition) is 1. The maximum atomic E-state index is 12.8. The molecular formula is C22H25N3O4S2. The lowest BCUT2D eigenvalue weighted by Gasteiger charge is -2.24. The van der Waals surface area contributed by atoms with Crippen molar-refractivity contribution in [1.29, 1.82) is 0 Å². The fourth-order valence-electron chi connectivity index (χ4n) is 3.61. The molecule has 0 bridgehead atoms. The van der Waals surface area contributed by atoms with E-state index in [0.717, 1.165) is 22.7 Å². The third kappa shape index (κ3) is 5.22. The number of thioether (sulfide) groups is 1. The predicted molar refractivity (Wildman–Crippen MR) is 126 cm³/mol. The van der Waals surface area contributed by atoms with Crippen LogP contribution in [-0.2, 0) is 14.6 Å². The number of amides is 1. The quantitative estimate of drug-likeness (QED) is 0.714. The molecule has 0 aromatic heterocycles. The third-order valence-corrected chi connectivity index (χ3v) is 8.38. The molecule has 4 rings (SSSR count). The topological polar surface area (TPSA) is 88.1 Å². The second-order valence-electron chi connectivity index (χ2n) is 7.64. The molecule has 2 atom stereocenters. The Hall–Kier alpha value is -2.52. The van der Waals surface area contributed by atoms with Crippen LogP contribution in [0.15, 0.2) is 53.5 Å². The van der Waals surface area contributed by atoms with Gasteiger partial charge in [0.2, 0.25) is 5.91 Å². The van der Waals surface area contributed by atoms with Crippen molar-refractivity contribution in [1.82, 2.24) is 0 Å². The first-order valence-electron chi connectivity index (χ1n) is 10.1. The molecule has 0 unspecified atom stereocenters. The number of hydrogen-bond acceptors (Lipinski definition) is 7. The molecule has 2 aromatic rings. The summed E-state index contributed by atoms with van der Waals surface area (Å²) < 4.78 is 29.4. The molecule has 2 aliphatic rings. The molecule has 0 saturated carbocycles. The summed E-state index contributed by atoms with van der Waals surface area (Å²) in [6.07, 6.45) is 0. The molecule has 1 fully saturated rings. The van der Waals surface area contributed by atoms with Gasteiger partial charge in [0.1, 0.15) is 12.3 Å². The maximum Gasteiger partial charge on any atom is 0.244 e. The molecule has 31 heavy (non-hydrogen) atoms. The van der Waals surface area contributed by atoms with E-state index in [2.05, 4.69) is 10.3 Å². The molecule has 1 amide bonds. The van der Waals surface area contributed by atoms with Crippen molar-refractivity contribution in [2.24, 2.45) is 4.99 Å². The number of nitrogens with one attached hydrogen (secondary N) is 1. The number of ether oxygens (including phenoxy) is 1. The van der Waals surface area contributed by atoms with Crippen molar-refractivity contribution >= 4 is 44.0 Å². The van der Waals surface area contributed by atoms with Crippen LogP contribution in [0.3, 0.4) is 0 Å². The number of aryl methyl sites for hydroxylation is 1. The van der Waals surface area contributed by atoms with Crippen molar-refractivity contribution in [2.75, 3.05) is 34.9 Å². The van der Waals surface area contributed by atoms with Crippen molar-refractivity contribution < 1.29 is 17.9 Å². The van der Waals surface area contributed by atoms with Gasteiger partial charge in [-0.2, -0.15) is 0 Å². The van der Waals surface area contributed by atoms with E-state index in [1.165, 1.54) is 11.8 Å². The van der Waals surface area contributed by atoms with Gasteiger partial charge in [0.15, 0.2) is 15.0 Å². The van der Waals surface area contributed by atoms with Crippen molar-refractivity contribution in [3.63, 3.8) is 0 Å². The Bertz CT molecular complexity index is 1080. The van der Waals surface area contributed by atoms with Gasteiger partial charge in [0.25, 0.3) is 0 Å². The highest BCUT2D eigenvalue weighted by molar-refractivity contribution is 8.15. The summed E-state index contributed by atoms with van der Waals surface area (Å²) in [7, 11) is -3.04. The highest BCUT2D eigenvalue weighted by Gasteiger charge is 2.44. The van der Waals surface area contributed by atoms with E-state index in [-0.39, 0.29) is 35.2 Å². The minimum atomic E-state index is -3.04. The number of carbonyl (C=O) groups excluding carboxylic acids is 1. The predicted octanol–water partition coefficient (Wildman–Crippen LogP) is 3.11. The standard InChI is InChI=1S/C22H25N3O4S2/c1-3-29-18-10-8-17(9-11-18)25(12-21(26)23-16-6-4-15(2)5-7-16)22-24-19-13-31(27,28)14-20(19)30-22/h4-11,19-20H,3,12-14H2,1-2H3,(H,23,26)/t19-,20-/m0/s1. The fraction of sp³-hybridized carbons (Fsp3) is 0.364. The number of aliphatic imine (C=N–C) groups is 1. The zero-order chi connectivity index (χ0) is 22.0. The largest absolute Gasteiger partial charge is 0.494 e. The summed E-state index contributed by atoms with van der Waals surface area (Å²) >= 11 is 1.44. The molecular weight excluding hydrogens is 434 g/mol. The Morgan fingerprint density at radius 2 is 1.87 bits per heavy atom. The molecule has 2 heterocycles. The lowest BCUT2D eigenvalue weighted by atomic mass is 10.2. The molecule has 9 heteroatoms. The van der Waals surface area contributed by atoms with Gasteiger partial charge in [-0.05, 0) is 50.2 Å². The minimum Gasteiger partial charge on any atom is -0.494 e. The molecule has 1 saturated heterocycles. The van der Waals surface area contributed by atoms with Gasteiger partial charge in [0, 0.05) is 16.6 Å². The van der Waals surface area contributed by atoms with Gasteiger partial charge in [-0.25, -0.2) is 8.42 Å². The van der Waals surface area contributed by atoms with Crippen LogP contribution in [0.1, 0.15) is 12.5 Å². The van der Waals surface area contributed by atoms with Crippen molar-refractivity contribution in [3.05, 3.63) is 54.1 Å². The highest BCUT2D eigenvalue weighted by atomic mass is 32.2. The van der Waals surface area contributed by atoms with Crippen LogP contribution < -0.4 is 15.0 Å². The molecule has 0 spiro atoms.